The molecule has 0 atom stereocenters. The maximum atomic E-state index is 6.18. The normalized spacial score (nSPS) is 18.9. The summed E-state index contributed by atoms with van der Waals surface area (Å²) in [5.41, 5.74) is 7.48. The Morgan fingerprint density at radius 3 is 2.41 bits per heavy atom. The van der Waals surface area contributed by atoms with Crippen LogP contribution in [0.3, 0.4) is 0 Å². The topological polar surface area (TPSA) is 91.3 Å². The highest BCUT2D eigenvalue weighted by atomic mass is 16.5. The van der Waals surface area contributed by atoms with Gasteiger partial charge in [-0.15, -0.1) is 0 Å². The van der Waals surface area contributed by atoms with Gasteiger partial charge in [0.1, 0.15) is 6.10 Å². The molecule has 0 bridgehead atoms. The minimum Gasteiger partial charge on any atom is -0.468 e. The average molecular weight is 403 g/mol. The molecule has 160 valence electrons. The fraction of sp³-hybridized carbons (Fsp3) is 0.762. The molecule has 8 heteroatoms. The van der Waals surface area contributed by atoms with Crippen LogP contribution in [0.15, 0.2) is 0 Å². The SMILES string of the molecule is COc1nc2c(N)nc(OC3CCCCC3)nc2n1CCCCN1CCCCC1. The molecular weight excluding hydrogens is 368 g/mol. The van der Waals surface area contributed by atoms with Gasteiger partial charge < -0.3 is 20.1 Å². The van der Waals surface area contributed by atoms with Crippen LogP contribution in [0, 0.1) is 0 Å². The number of imidazole rings is 1. The van der Waals surface area contributed by atoms with Crippen LogP contribution in [-0.2, 0) is 6.54 Å². The Morgan fingerprint density at radius 2 is 1.66 bits per heavy atom. The van der Waals surface area contributed by atoms with Crippen LogP contribution in [0.2, 0.25) is 0 Å². The average Bonchev–Trinajstić information content (AvgIpc) is 3.11. The molecule has 0 spiro atoms. The van der Waals surface area contributed by atoms with E-state index in [4.69, 9.17) is 15.2 Å². The maximum Gasteiger partial charge on any atom is 0.320 e. The Kier molecular flexibility index (Phi) is 6.69. The quantitative estimate of drug-likeness (QED) is 0.677. The molecule has 1 aliphatic heterocycles. The Labute approximate surface area is 172 Å². The van der Waals surface area contributed by atoms with Crippen LogP contribution < -0.4 is 15.2 Å². The van der Waals surface area contributed by atoms with Gasteiger partial charge in [-0.05, 0) is 71.0 Å². The van der Waals surface area contributed by atoms with Gasteiger partial charge in [0.2, 0.25) is 0 Å². The number of piperidine rings is 1. The monoisotopic (exact) mass is 402 g/mol. The lowest BCUT2D eigenvalue weighted by molar-refractivity contribution is 0.142. The van der Waals surface area contributed by atoms with Crippen LogP contribution in [0.25, 0.3) is 11.2 Å². The number of methoxy groups -OCH3 is 1. The number of likely N-dealkylation sites (tertiary alicyclic amines) is 1. The van der Waals surface area contributed by atoms with Gasteiger partial charge in [-0.3, -0.25) is 4.57 Å². The number of fused-ring (bicyclic) bond motifs is 1. The van der Waals surface area contributed by atoms with Crippen molar-refractivity contribution >= 4 is 17.0 Å². The number of nitrogens with two attached hydrogens (primary N) is 1. The summed E-state index contributed by atoms with van der Waals surface area (Å²) in [6, 6.07) is 0.896. The molecule has 1 aliphatic carbocycles. The van der Waals surface area contributed by atoms with Crippen LogP contribution in [-0.4, -0.2) is 57.3 Å². The van der Waals surface area contributed by atoms with E-state index in [0.29, 0.717) is 29.0 Å². The van der Waals surface area contributed by atoms with E-state index in [2.05, 4.69) is 19.9 Å². The summed E-state index contributed by atoms with van der Waals surface area (Å²) >= 11 is 0. The van der Waals surface area contributed by atoms with Crippen LogP contribution in [0.5, 0.6) is 12.0 Å². The maximum absolute atomic E-state index is 6.18. The van der Waals surface area contributed by atoms with Gasteiger partial charge in [-0.25, -0.2) is 0 Å². The zero-order chi connectivity index (χ0) is 20.1. The molecule has 2 N–H and O–H groups in total. The largest absolute Gasteiger partial charge is 0.468 e. The lowest BCUT2D eigenvalue weighted by Crippen LogP contribution is -2.30. The Bertz CT molecular complexity index is 796. The molecular formula is C21H34N6O2. The second kappa shape index (κ2) is 9.61. The van der Waals surface area contributed by atoms with Crippen LogP contribution in [0.1, 0.15) is 64.2 Å². The summed E-state index contributed by atoms with van der Waals surface area (Å²) in [4.78, 5) is 16.1. The number of nitrogens with zero attached hydrogens (tertiary/aromatic N) is 5. The van der Waals surface area contributed by atoms with E-state index in [1.54, 1.807) is 7.11 Å². The summed E-state index contributed by atoms with van der Waals surface area (Å²) in [5, 5.41) is 0. The molecule has 0 unspecified atom stereocenters. The fourth-order valence-electron chi connectivity index (χ4n) is 4.51. The molecule has 1 saturated heterocycles. The van der Waals surface area contributed by atoms with Crippen molar-refractivity contribution in [2.24, 2.45) is 0 Å². The predicted octanol–water partition coefficient (Wildman–Crippen LogP) is 3.39. The van der Waals surface area contributed by atoms with Crippen molar-refractivity contribution in [1.82, 2.24) is 24.4 Å². The highest BCUT2D eigenvalue weighted by molar-refractivity contribution is 5.83. The summed E-state index contributed by atoms with van der Waals surface area (Å²) in [5.74, 6) is 0.353. The van der Waals surface area contributed by atoms with Crippen molar-refractivity contribution in [2.75, 3.05) is 32.5 Å². The van der Waals surface area contributed by atoms with Gasteiger partial charge in [0.15, 0.2) is 17.0 Å². The van der Waals surface area contributed by atoms with Gasteiger partial charge in [0, 0.05) is 6.54 Å². The van der Waals surface area contributed by atoms with Crippen molar-refractivity contribution < 1.29 is 9.47 Å². The molecule has 1 saturated carbocycles. The Hall–Kier alpha value is -2.09. The zero-order valence-electron chi connectivity index (χ0n) is 17.6. The first-order valence-electron chi connectivity index (χ1n) is 11.2. The van der Waals surface area contributed by atoms with Gasteiger partial charge in [-0.2, -0.15) is 15.0 Å². The van der Waals surface area contributed by atoms with Crippen molar-refractivity contribution in [3.63, 3.8) is 0 Å². The smallest absolute Gasteiger partial charge is 0.320 e. The first-order chi connectivity index (χ1) is 14.2. The van der Waals surface area contributed by atoms with Gasteiger partial charge in [0.05, 0.1) is 7.11 Å². The molecule has 0 aromatic carbocycles. The molecule has 2 fully saturated rings. The van der Waals surface area contributed by atoms with Gasteiger partial charge in [0.25, 0.3) is 6.01 Å². The van der Waals surface area contributed by atoms with Crippen molar-refractivity contribution in [3.05, 3.63) is 0 Å². The molecule has 0 radical (unpaired) electrons. The first-order valence-corrected chi connectivity index (χ1v) is 11.2. The summed E-state index contributed by atoms with van der Waals surface area (Å²) in [6.07, 6.45) is 12.2. The first kappa shape index (κ1) is 20.2. The number of anilines is 1. The standard InChI is InChI=1S/C21H34N6O2/c1-28-21-23-17-18(22)24-20(29-16-10-4-2-5-11-16)25-19(17)27(21)15-9-8-14-26-12-6-3-7-13-26/h16H,2-15H2,1H3,(H2,22,24,25). The number of rotatable bonds is 8. The van der Waals surface area contributed by atoms with E-state index in [-0.39, 0.29) is 6.10 Å². The Balaban J connectivity index is 1.45. The molecule has 3 heterocycles. The third kappa shape index (κ3) is 4.91. The number of aryl methyl sites for hydroxylation is 1. The van der Waals surface area contributed by atoms with Crippen LogP contribution in [0.4, 0.5) is 5.82 Å². The zero-order valence-corrected chi connectivity index (χ0v) is 17.6. The number of ether oxygens (including phenoxy) is 2. The van der Waals surface area contributed by atoms with E-state index in [1.807, 2.05) is 4.57 Å². The number of unbranched alkanes of at least 4 members (excludes halogenated alkanes) is 1. The van der Waals surface area contributed by atoms with E-state index in [1.165, 1.54) is 51.6 Å². The van der Waals surface area contributed by atoms with Crippen molar-refractivity contribution in [1.29, 1.82) is 0 Å². The minimum absolute atomic E-state index is 0.184. The van der Waals surface area contributed by atoms with Crippen molar-refractivity contribution in [2.45, 2.75) is 76.9 Å². The molecule has 29 heavy (non-hydrogen) atoms. The number of nitrogen functional groups attached to an aromatic ring is 1. The molecule has 2 aromatic heterocycles. The molecule has 8 nitrogen and oxygen atoms in total. The van der Waals surface area contributed by atoms with E-state index < -0.39 is 0 Å². The second-order valence-electron chi connectivity index (χ2n) is 8.30. The van der Waals surface area contributed by atoms with Gasteiger partial charge >= 0.3 is 6.01 Å². The number of aromatic nitrogens is 4. The second-order valence-corrected chi connectivity index (χ2v) is 8.30. The lowest BCUT2D eigenvalue weighted by atomic mass is 9.98. The van der Waals surface area contributed by atoms with E-state index in [9.17, 15) is 0 Å². The number of hydrogen-bond donors (Lipinski definition) is 1. The summed E-state index contributed by atoms with van der Waals surface area (Å²) in [6.45, 7) is 4.43. The predicted molar refractivity (Wildman–Crippen MR) is 113 cm³/mol. The molecule has 2 aliphatic rings. The number of hydrogen-bond acceptors (Lipinski definition) is 7. The summed E-state index contributed by atoms with van der Waals surface area (Å²) < 4.78 is 13.6. The third-order valence-corrected chi connectivity index (χ3v) is 6.13. The van der Waals surface area contributed by atoms with E-state index in [0.717, 1.165) is 38.8 Å². The highest BCUT2D eigenvalue weighted by Crippen LogP contribution is 2.28. The summed E-state index contributed by atoms with van der Waals surface area (Å²) in [7, 11) is 1.63. The van der Waals surface area contributed by atoms with Crippen LogP contribution >= 0.6 is 0 Å². The molecule has 0 amide bonds. The van der Waals surface area contributed by atoms with E-state index >= 15 is 0 Å². The minimum atomic E-state index is 0.184. The van der Waals surface area contributed by atoms with Gasteiger partial charge in [-0.1, -0.05) is 12.8 Å². The fourth-order valence-corrected chi connectivity index (χ4v) is 4.51. The molecule has 4 rings (SSSR count). The Morgan fingerprint density at radius 1 is 0.931 bits per heavy atom. The lowest BCUT2D eigenvalue weighted by Gasteiger charge is -2.26. The third-order valence-electron chi connectivity index (χ3n) is 6.13. The van der Waals surface area contributed by atoms with Crippen molar-refractivity contribution in [3.8, 4) is 12.0 Å². The highest BCUT2D eigenvalue weighted by Gasteiger charge is 2.21. The molecule has 2 aromatic rings.